The molecule has 3 heteroatoms. The van der Waals surface area contributed by atoms with E-state index >= 15 is 0 Å². The SMILES string of the molecule is CSC(=O)C(C)c1cccc2c3ccccc3n(C)c12. The fraction of sp³-hybridized carbons (Fsp3) is 0.235. The first-order chi connectivity index (χ1) is 9.65. The van der Waals surface area contributed by atoms with Crippen LogP contribution in [0.5, 0.6) is 0 Å². The highest BCUT2D eigenvalue weighted by Gasteiger charge is 2.19. The van der Waals surface area contributed by atoms with Gasteiger partial charge in [-0.15, -0.1) is 0 Å². The van der Waals surface area contributed by atoms with Crippen molar-refractivity contribution in [2.45, 2.75) is 12.8 Å². The van der Waals surface area contributed by atoms with E-state index in [0.717, 1.165) is 5.56 Å². The van der Waals surface area contributed by atoms with E-state index in [9.17, 15) is 4.79 Å². The zero-order valence-corrected chi connectivity index (χ0v) is 12.7. The molecule has 0 amide bonds. The molecule has 3 aromatic rings. The summed E-state index contributed by atoms with van der Waals surface area (Å²) >= 11 is 1.30. The van der Waals surface area contributed by atoms with E-state index in [1.165, 1.54) is 33.6 Å². The lowest BCUT2D eigenvalue weighted by atomic mass is 9.99. The molecule has 0 aliphatic carbocycles. The highest BCUT2D eigenvalue weighted by Crippen LogP contribution is 2.34. The summed E-state index contributed by atoms with van der Waals surface area (Å²) in [6.45, 7) is 1.99. The quantitative estimate of drug-likeness (QED) is 0.698. The van der Waals surface area contributed by atoms with Crippen LogP contribution in [-0.2, 0) is 11.8 Å². The second-order valence-electron chi connectivity index (χ2n) is 5.06. The van der Waals surface area contributed by atoms with Gasteiger partial charge in [-0.05, 0) is 17.9 Å². The predicted molar refractivity (Wildman–Crippen MR) is 87.4 cm³/mol. The summed E-state index contributed by atoms with van der Waals surface area (Å²) in [7, 11) is 2.07. The Morgan fingerprint density at radius 3 is 2.55 bits per heavy atom. The van der Waals surface area contributed by atoms with E-state index in [4.69, 9.17) is 0 Å². The first-order valence-electron chi connectivity index (χ1n) is 6.69. The van der Waals surface area contributed by atoms with Gasteiger partial charge < -0.3 is 4.57 Å². The zero-order chi connectivity index (χ0) is 14.3. The number of aromatic nitrogens is 1. The standard InChI is InChI=1S/C17H17NOS/c1-11(17(19)20-3)12-8-6-9-14-13-7-4-5-10-15(13)18(2)16(12)14/h4-11H,1-3H3. The van der Waals surface area contributed by atoms with Gasteiger partial charge in [-0.25, -0.2) is 0 Å². The van der Waals surface area contributed by atoms with Crippen LogP contribution in [0.4, 0.5) is 0 Å². The van der Waals surface area contributed by atoms with Crippen LogP contribution in [0, 0.1) is 0 Å². The van der Waals surface area contributed by atoms with Crippen LogP contribution in [-0.4, -0.2) is 15.9 Å². The Bertz CT molecular complexity index is 803. The smallest absolute Gasteiger partial charge is 0.195 e. The molecule has 3 rings (SSSR count). The van der Waals surface area contributed by atoms with E-state index in [1.807, 2.05) is 19.2 Å². The van der Waals surface area contributed by atoms with Gasteiger partial charge in [0.1, 0.15) is 0 Å². The van der Waals surface area contributed by atoms with E-state index in [0.29, 0.717) is 0 Å². The Morgan fingerprint density at radius 1 is 1.10 bits per heavy atom. The van der Waals surface area contributed by atoms with Crippen LogP contribution in [0.15, 0.2) is 42.5 Å². The largest absolute Gasteiger partial charge is 0.343 e. The molecular weight excluding hydrogens is 266 g/mol. The normalized spacial score (nSPS) is 12.9. The van der Waals surface area contributed by atoms with Gasteiger partial charge in [0.25, 0.3) is 0 Å². The Balaban J connectivity index is 2.37. The van der Waals surface area contributed by atoms with E-state index < -0.39 is 0 Å². The summed E-state index contributed by atoms with van der Waals surface area (Å²) in [6.07, 6.45) is 1.85. The molecule has 0 N–H and O–H groups in total. The number of fused-ring (bicyclic) bond motifs is 3. The van der Waals surface area contributed by atoms with E-state index in [1.54, 1.807) is 0 Å². The lowest BCUT2D eigenvalue weighted by molar-refractivity contribution is -0.111. The number of carbonyl (C=O) groups excluding carboxylic acids is 1. The molecule has 1 aromatic heterocycles. The summed E-state index contributed by atoms with van der Waals surface area (Å²) in [5, 5.41) is 2.68. The van der Waals surface area contributed by atoms with Crippen molar-refractivity contribution in [2.75, 3.05) is 6.26 Å². The van der Waals surface area contributed by atoms with Gasteiger partial charge in [0.15, 0.2) is 5.12 Å². The molecule has 0 radical (unpaired) electrons. The number of benzene rings is 2. The molecule has 0 spiro atoms. The third-order valence-electron chi connectivity index (χ3n) is 3.98. The van der Waals surface area contributed by atoms with Crippen LogP contribution >= 0.6 is 11.8 Å². The maximum atomic E-state index is 12.0. The number of carbonyl (C=O) groups is 1. The number of aryl methyl sites for hydroxylation is 1. The van der Waals surface area contributed by atoms with Crippen molar-refractivity contribution < 1.29 is 4.79 Å². The fourth-order valence-electron chi connectivity index (χ4n) is 2.92. The monoisotopic (exact) mass is 283 g/mol. The molecular formula is C17H17NOS. The summed E-state index contributed by atoms with van der Waals surface area (Å²) in [4.78, 5) is 12.0. The maximum absolute atomic E-state index is 12.0. The molecule has 20 heavy (non-hydrogen) atoms. The lowest BCUT2D eigenvalue weighted by Gasteiger charge is -2.12. The van der Waals surface area contributed by atoms with Crippen molar-refractivity contribution in [3.63, 3.8) is 0 Å². The Morgan fingerprint density at radius 2 is 1.80 bits per heavy atom. The van der Waals surface area contributed by atoms with Gasteiger partial charge >= 0.3 is 0 Å². The number of hydrogen-bond acceptors (Lipinski definition) is 2. The molecule has 1 atom stereocenters. The molecule has 0 aliphatic rings. The zero-order valence-electron chi connectivity index (χ0n) is 11.9. The van der Waals surface area contributed by atoms with Crippen LogP contribution in [0.25, 0.3) is 21.8 Å². The third-order valence-corrected chi connectivity index (χ3v) is 4.74. The number of para-hydroxylation sites is 2. The minimum Gasteiger partial charge on any atom is -0.343 e. The maximum Gasteiger partial charge on any atom is 0.195 e. The van der Waals surface area contributed by atoms with Crippen molar-refractivity contribution in [1.82, 2.24) is 4.57 Å². The molecule has 102 valence electrons. The van der Waals surface area contributed by atoms with Crippen LogP contribution in [0.2, 0.25) is 0 Å². The van der Waals surface area contributed by atoms with Gasteiger partial charge in [0.2, 0.25) is 0 Å². The second kappa shape index (κ2) is 4.98. The van der Waals surface area contributed by atoms with Crippen molar-refractivity contribution in [3.8, 4) is 0 Å². The third kappa shape index (κ3) is 1.85. The van der Waals surface area contributed by atoms with E-state index in [-0.39, 0.29) is 11.0 Å². The topological polar surface area (TPSA) is 22.0 Å². The molecule has 0 bridgehead atoms. The number of hydrogen-bond donors (Lipinski definition) is 0. The van der Waals surface area contributed by atoms with Gasteiger partial charge in [0, 0.05) is 23.3 Å². The highest BCUT2D eigenvalue weighted by atomic mass is 32.2. The lowest BCUT2D eigenvalue weighted by Crippen LogP contribution is -2.06. The highest BCUT2D eigenvalue weighted by molar-refractivity contribution is 8.13. The Kier molecular flexibility index (Phi) is 3.30. The second-order valence-corrected chi connectivity index (χ2v) is 5.88. The van der Waals surface area contributed by atoms with Gasteiger partial charge in [-0.3, -0.25) is 4.79 Å². The predicted octanol–water partition coefficient (Wildman–Crippen LogP) is 4.32. The van der Waals surface area contributed by atoms with Gasteiger partial charge in [-0.2, -0.15) is 0 Å². The summed E-state index contributed by atoms with van der Waals surface area (Å²) < 4.78 is 2.20. The molecule has 1 heterocycles. The first kappa shape index (κ1) is 13.3. The summed E-state index contributed by atoms with van der Waals surface area (Å²) in [6, 6.07) is 14.6. The molecule has 0 saturated carbocycles. The fourth-order valence-corrected chi connectivity index (χ4v) is 3.40. The van der Waals surface area contributed by atoms with Crippen LogP contribution in [0.1, 0.15) is 18.4 Å². The average Bonchev–Trinajstić information content (AvgIpc) is 2.80. The summed E-state index contributed by atoms with van der Waals surface area (Å²) in [5.41, 5.74) is 3.49. The Hall–Kier alpha value is -1.74. The number of nitrogens with zero attached hydrogens (tertiary/aromatic N) is 1. The molecule has 2 aromatic carbocycles. The number of thioether (sulfide) groups is 1. The number of rotatable bonds is 2. The first-order valence-corrected chi connectivity index (χ1v) is 7.91. The minimum absolute atomic E-state index is 0.0864. The van der Waals surface area contributed by atoms with Crippen molar-refractivity contribution in [3.05, 3.63) is 48.0 Å². The average molecular weight is 283 g/mol. The van der Waals surface area contributed by atoms with Crippen molar-refractivity contribution >= 4 is 38.7 Å². The van der Waals surface area contributed by atoms with Gasteiger partial charge in [-0.1, -0.05) is 55.1 Å². The molecule has 1 unspecified atom stereocenters. The summed E-state index contributed by atoms with van der Waals surface area (Å²) in [5.74, 6) is -0.0864. The van der Waals surface area contributed by atoms with Crippen LogP contribution < -0.4 is 0 Å². The Labute approximate surface area is 122 Å². The van der Waals surface area contributed by atoms with Crippen molar-refractivity contribution in [2.24, 2.45) is 7.05 Å². The van der Waals surface area contributed by atoms with Crippen molar-refractivity contribution in [1.29, 1.82) is 0 Å². The minimum atomic E-state index is -0.0864. The van der Waals surface area contributed by atoms with Crippen LogP contribution in [0.3, 0.4) is 0 Å². The van der Waals surface area contributed by atoms with E-state index in [2.05, 4.69) is 48.0 Å². The molecule has 2 nitrogen and oxygen atoms in total. The molecule has 0 aliphatic heterocycles. The van der Waals surface area contributed by atoms with Gasteiger partial charge in [0.05, 0.1) is 11.4 Å². The molecule has 0 fully saturated rings. The molecule has 0 saturated heterocycles.